The Labute approximate surface area is 160 Å². The number of fused-ring (bicyclic) bond motifs is 3. The van der Waals surface area contributed by atoms with Crippen molar-refractivity contribution in [1.29, 1.82) is 0 Å². The standard InChI is InChI=1S/C20H22N2O2S2/c1-13(23)12-25-20-21-18-17(15-10-6-3-7-11-16(15)26-18)19(24)22(20)14-8-4-2-5-9-14/h2,4-5,8-9,13,23H,3,6-7,10-12H2,1H3. The Morgan fingerprint density at radius 3 is 2.77 bits per heavy atom. The fraction of sp³-hybridized carbons (Fsp3) is 0.400. The molecule has 4 nitrogen and oxygen atoms in total. The molecule has 0 fully saturated rings. The molecule has 0 saturated heterocycles. The normalized spacial score (nSPS) is 15.6. The molecule has 2 aromatic heterocycles. The maximum atomic E-state index is 13.5. The van der Waals surface area contributed by atoms with Gasteiger partial charge in [-0.2, -0.15) is 0 Å². The third kappa shape index (κ3) is 3.33. The van der Waals surface area contributed by atoms with Crippen molar-refractivity contribution in [3.63, 3.8) is 0 Å². The monoisotopic (exact) mass is 386 g/mol. The van der Waals surface area contributed by atoms with E-state index < -0.39 is 6.10 Å². The Bertz CT molecular complexity index is 977. The van der Waals surface area contributed by atoms with E-state index in [4.69, 9.17) is 4.98 Å². The molecule has 4 rings (SSSR count). The van der Waals surface area contributed by atoms with Gasteiger partial charge in [0, 0.05) is 10.6 Å². The van der Waals surface area contributed by atoms with Crippen LogP contribution >= 0.6 is 23.1 Å². The molecule has 136 valence electrons. The Morgan fingerprint density at radius 2 is 2.00 bits per heavy atom. The van der Waals surface area contributed by atoms with Crippen molar-refractivity contribution in [3.05, 3.63) is 51.1 Å². The number of para-hydroxylation sites is 1. The van der Waals surface area contributed by atoms with Crippen molar-refractivity contribution in [2.45, 2.75) is 50.3 Å². The molecule has 0 saturated carbocycles. The van der Waals surface area contributed by atoms with Crippen LogP contribution in [0.1, 0.15) is 36.6 Å². The highest BCUT2D eigenvalue weighted by molar-refractivity contribution is 7.99. The highest BCUT2D eigenvalue weighted by Crippen LogP contribution is 2.34. The van der Waals surface area contributed by atoms with Crippen LogP contribution in [0.25, 0.3) is 15.9 Å². The van der Waals surface area contributed by atoms with E-state index in [1.807, 2.05) is 30.3 Å². The van der Waals surface area contributed by atoms with Crippen LogP contribution < -0.4 is 5.56 Å². The predicted octanol–water partition coefficient (Wildman–Crippen LogP) is 4.19. The SMILES string of the molecule is CC(O)CSc1nc2sc3c(c2c(=O)n1-c1ccccc1)CCCCC3. The van der Waals surface area contributed by atoms with Crippen LogP contribution in [-0.4, -0.2) is 26.5 Å². The van der Waals surface area contributed by atoms with Crippen LogP contribution in [0.15, 0.2) is 40.3 Å². The molecule has 1 N–H and O–H groups in total. The lowest BCUT2D eigenvalue weighted by atomic mass is 10.1. The van der Waals surface area contributed by atoms with E-state index in [-0.39, 0.29) is 5.56 Å². The first kappa shape index (κ1) is 17.8. The molecule has 3 aromatic rings. The summed E-state index contributed by atoms with van der Waals surface area (Å²) in [7, 11) is 0. The highest BCUT2D eigenvalue weighted by atomic mass is 32.2. The first-order valence-corrected chi connectivity index (χ1v) is 10.9. The molecule has 6 heteroatoms. The average Bonchev–Trinajstić information content (AvgIpc) is 2.82. The minimum atomic E-state index is -0.447. The molecule has 1 aliphatic carbocycles. The number of hydrogen-bond donors (Lipinski definition) is 1. The third-order valence-electron chi connectivity index (χ3n) is 4.68. The Hall–Kier alpha value is -1.63. The van der Waals surface area contributed by atoms with Crippen LogP contribution in [0, 0.1) is 0 Å². The maximum absolute atomic E-state index is 13.5. The maximum Gasteiger partial charge on any atom is 0.267 e. The zero-order valence-corrected chi connectivity index (χ0v) is 16.4. The quantitative estimate of drug-likeness (QED) is 0.415. The number of rotatable bonds is 4. The van der Waals surface area contributed by atoms with Gasteiger partial charge in [-0.3, -0.25) is 9.36 Å². The van der Waals surface area contributed by atoms with Crippen LogP contribution in [0.3, 0.4) is 0 Å². The van der Waals surface area contributed by atoms with Gasteiger partial charge in [0.25, 0.3) is 5.56 Å². The number of aliphatic hydroxyl groups is 1. The molecule has 0 aliphatic heterocycles. The number of aryl methyl sites for hydroxylation is 2. The molecule has 26 heavy (non-hydrogen) atoms. The number of thiophene rings is 1. The molecular formula is C20H22N2O2S2. The van der Waals surface area contributed by atoms with Crippen molar-refractivity contribution >= 4 is 33.3 Å². The van der Waals surface area contributed by atoms with E-state index in [0.29, 0.717) is 10.9 Å². The highest BCUT2D eigenvalue weighted by Gasteiger charge is 2.22. The van der Waals surface area contributed by atoms with Gasteiger partial charge in [0.2, 0.25) is 0 Å². The van der Waals surface area contributed by atoms with Gasteiger partial charge >= 0.3 is 0 Å². The van der Waals surface area contributed by atoms with Crippen LogP contribution in [-0.2, 0) is 12.8 Å². The largest absolute Gasteiger partial charge is 0.393 e. The lowest BCUT2D eigenvalue weighted by molar-refractivity contribution is 0.220. The summed E-state index contributed by atoms with van der Waals surface area (Å²) in [4.78, 5) is 20.5. The summed E-state index contributed by atoms with van der Waals surface area (Å²) in [6.07, 6.45) is 5.14. The molecular weight excluding hydrogens is 364 g/mol. The fourth-order valence-corrected chi connectivity index (χ4v) is 5.63. The van der Waals surface area contributed by atoms with Crippen molar-refractivity contribution < 1.29 is 5.11 Å². The predicted molar refractivity (Wildman–Crippen MR) is 109 cm³/mol. The van der Waals surface area contributed by atoms with Crippen molar-refractivity contribution in [1.82, 2.24) is 9.55 Å². The fourth-order valence-electron chi connectivity index (χ4n) is 3.46. The van der Waals surface area contributed by atoms with Gasteiger partial charge in [-0.25, -0.2) is 4.98 Å². The topological polar surface area (TPSA) is 55.1 Å². The number of nitrogens with zero attached hydrogens (tertiary/aromatic N) is 2. The summed E-state index contributed by atoms with van der Waals surface area (Å²) >= 11 is 3.12. The smallest absolute Gasteiger partial charge is 0.267 e. The minimum Gasteiger partial charge on any atom is -0.393 e. The van der Waals surface area contributed by atoms with E-state index in [9.17, 15) is 9.90 Å². The first-order chi connectivity index (χ1) is 12.6. The van der Waals surface area contributed by atoms with Gasteiger partial charge in [0.15, 0.2) is 5.16 Å². The van der Waals surface area contributed by atoms with Gasteiger partial charge in [-0.1, -0.05) is 36.4 Å². The molecule has 1 atom stereocenters. The minimum absolute atomic E-state index is 0.0219. The number of thioether (sulfide) groups is 1. The summed E-state index contributed by atoms with van der Waals surface area (Å²) in [6.45, 7) is 1.75. The van der Waals surface area contributed by atoms with Crippen LogP contribution in [0.4, 0.5) is 0 Å². The average molecular weight is 387 g/mol. The van der Waals surface area contributed by atoms with Gasteiger partial charge in [0.1, 0.15) is 4.83 Å². The van der Waals surface area contributed by atoms with Crippen molar-refractivity contribution in [3.8, 4) is 5.69 Å². The molecule has 1 aromatic carbocycles. The zero-order chi connectivity index (χ0) is 18.1. The Kier molecular flexibility index (Phi) is 5.16. The van der Waals surface area contributed by atoms with E-state index in [0.717, 1.165) is 35.2 Å². The van der Waals surface area contributed by atoms with Crippen molar-refractivity contribution in [2.75, 3.05) is 5.75 Å². The number of hydrogen-bond acceptors (Lipinski definition) is 5. The second kappa shape index (κ2) is 7.55. The second-order valence-corrected chi connectivity index (χ2v) is 8.85. The molecule has 0 bridgehead atoms. The summed E-state index contributed by atoms with van der Waals surface area (Å²) < 4.78 is 1.72. The summed E-state index contributed by atoms with van der Waals surface area (Å²) in [5, 5.41) is 11.1. The van der Waals surface area contributed by atoms with Crippen LogP contribution in [0.5, 0.6) is 0 Å². The zero-order valence-electron chi connectivity index (χ0n) is 14.8. The summed E-state index contributed by atoms with van der Waals surface area (Å²) in [5.74, 6) is 0.510. The van der Waals surface area contributed by atoms with Gasteiger partial charge in [-0.05, 0) is 50.3 Å². The molecule has 1 unspecified atom stereocenters. The van der Waals surface area contributed by atoms with E-state index in [1.54, 1.807) is 22.8 Å². The van der Waals surface area contributed by atoms with Gasteiger partial charge in [0.05, 0.1) is 17.2 Å². The number of aromatic nitrogens is 2. The number of benzene rings is 1. The lowest BCUT2D eigenvalue weighted by Crippen LogP contribution is -2.22. The van der Waals surface area contributed by atoms with Crippen molar-refractivity contribution in [2.24, 2.45) is 0 Å². The molecule has 0 radical (unpaired) electrons. The van der Waals surface area contributed by atoms with Gasteiger partial charge < -0.3 is 5.11 Å². The first-order valence-electron chi connectivity index (χ1n) is 9.08. The second-order valence-electron chi connectivity index (χ2n) is 6.78. The molecule has 0 spiro atoms. The Balaban J connectivity index is 1.95. The summed E-state index contributed by atoms with van der Waals surface area (Å²) in [5.41, 5.74) is 2.07. The van der Waals surface area contributed by atoms with Crippen LogP contribution in [0.2, 0.25) is 0 Å². The molecule has 0 amide bonds. The Morgan fingerprint density at radius 1 is 1.23 bits per heavy atom. The molecule has 2 heterocycles. The van der Waals surface area contributed by atoms with E-state index in [1.165, 1.54) is 35.0 Å². The molecule has 1 aliphatic rings. The van der Waals surface area contributed by atoms with Gasteiger partial charge in [-0.15, -0.1) is 11.3 Å². The third-order valence-corrected chi connectivity index (χ3v) is 7.04. The number of aliphatic hydroxyl groups excluding tert-OH is 1. The summed E-state index contributed by atoms with van der Waals surface area (Å²) in [6, 6.07) is 9.69. The lowest BCUT2D eigenvalue weighted by Gasteiger charge is -2.13. The van der Waals surface area contributed by atoms with E-state index in [2.05, 4.69) is 0 Å². The van der Waals surface area contributed by atoms with E-state index >= 15 is 0 Å².